The molecule has 2 aliphatic rings. The smallest absolute Gasteiger partial charge is 0.449 e. The first-order chi connectivity index (χ1) is 22.7. The van der Waals surface area contributed by atoms with E-state index in [-0.39, 0.29) is 11.0 Å². The second-order valence-electron chi connectivity index (χ2n) is 11.9. The van der Waals surface area contributed by atoms with Crippen molar-refractivity contribution in [1.29, 1.82) is 0 Å². The predicted molar refractivity (Wildman–Crippen MR) is 167 cm³/mol. The van der Waals surface area contributed by atoms with Crippen LogP contribution in [0.1, 0.15) is 24.1 Å². The van der Waals surface area contributed by atoms with Crippen molar-refractivity contribution in [2.45, 2.75) is 25.2 Å². The Morgan fingerprint density at radius 3 is 2.68 bits per heavy atom. The van der Waals surface area contributed by atoms with Gasteiger partial charge in [-0.05, 0) is 36.6 Å². The second kappa shape index (κ2) is 12.5. The second-order valence-corrected chi connectivity index (χ2v) is 11.9. The average molecular weight is 650 g/mol. The average Bonchev–Trinajstić information content (AvgIpc) is 3.85. The number of carbonyl (C=O) groups excluding carboxylic acids is 1. The number of aromatic nitrogens is 5. The number of hydrogen-bond acceptors (Lipinski definition) is 8. The molecule has 5 heterocycles. The number of nitrogens with zero attached hydrogens (tertiary/aromatic N) is 6. The van der Waals surface area contributed by atoms with Gasteiger partial charge < -0.3 is 28.7 Å². The van der Waals surface area contributed by atoms with Crippen molar-refractivity contribution in [1.82, 2.24) is 34.3 Å². The molecule has 47 heavy (non-hydrogen) atoms. The number of piperazine rings is 1. The van der Waals surface area contributed by atoms with Gasteiger partial charge in [0.2, 0.25) is 17.6 Å². The summed E-state index contributed by atoms with van der Waals surface area (Å²) in [6.07, 6.45) is -2.13. The molecule has 7 rings (SSSR count). The number of halogens is 3. The van der Waals surface area contributed by atoms with E-state index in [1.807, 2.05) is 30.3 Å². The number of benzene rings is 2. The lowest BCUT2D eigenvalue weighted by molar-refractivity contribution is -0.148. The minimum Gasteiger partial charge on any atom is -0.497 e. The molecule has 0 saturated carbocycles. The van der Waals surface area contributed by atoms with Crippen LogP contribution in [0.3, 0.4) is 0 Å². The van der Waals surface area contributed by atoms with E-state index in [2.05, 4.69) is 19.9 Å². The van der Waals surface area contributed by atoms with Crippen LogP contribution in [0.5, 0.6) is 11.6 Å². The highest BCUT2D eigenvalue weighted by Gasteiger charge is 2.40. The Kier molecular flexibility index (Phi) is 8.22. The van der Waals surface area contributed by atoms with Gasteiger partial charge in [0.1, 0.15) is 24.2 Å². The number of imidazole rings is 2. The van der Waals surface area contributed by atoms with Crippen LogP contribution in [0.15, 0.2) is 54.7 Å². The molecule has 1 N–H and O–H groups in total. The van der Waals surface area contributed by atoms with Gasteiger partial charge in [0, 0.05) is 44.2 Å². The van der Waals surface area contributed by atoms with Crippen molar-refractivity contribution < 1.29 is 32.2 Å². The Bertz CT molecular complexity index is 1920. The Morgan fingerprint density at radius 2 is 1.91 bits per heavy atom. The van der Waals surface area contributed by atoms with Gasteiger partial charge >= 0.3 is 6.18 Å². The summed E-state index contributed by atoms with van der Waals surface area (Å²) in [5.74, 6) is 0.0595. The predicted octanol–water partition coefficient (Wildman–Crippen LogP) is 4.93. The number of pyridine rings is 1. The Hall–Kier alpha value is -4.69. The van der Waals surface area contributed by atoms with E-state index < -0.39 is 30.5 Å². The molecule has 2 aliphatic heterocycles. The van der Waals surface area contributed by atoms with Crippen molar-refractivity contribution in [3.05, 3.63) is 66.4 Å². The molecule has 2 aromatic carbocycles. The van der Waals surface area contributed by atoms with Gasteiger partial charge in [0.15, 0.2) is 0 Å². The number of H-pyrrole nitrogens is 1. The Labute approximate surface area is 268 Å². The summed E-state index contributed by atoms with van der Waals surface area (Å²) in [5, 5.41) is 0.920. The zero-order valence-corrected chi connectivity index (χ0v) is 26.0. The van der Waals surface area contributed by atoms with Gasteiger partial charge in [-0.1, -0.05) is 18.2 Å². The minimum absolute atomic E-state index is 0.125. The number of hydrogen-bond donors (Lipinski definition) is 1. The minimum atomic E-state index is -4.77. The SMILES string of the molecule is COc1ccc2nc(C(F)(F)F)n(CC(=O)N3CCN(CC4CCOC4)C[C@H]3c3ncc(-c4cc5ccccc5nc4OC)[nH]3)c2c1. The van der Waals surface area contributed by atoms with E-state index in [4.69, 9.17) is 19.2 Å². The lowest BCUT2D eigenvalue weighted by atomic mass is 10.1. The van der Waals surface area contributed by atoms with Crippen molar-refractivity contribution in [2.24, 2.45) is 5.92 Å². The Balaban J connectivity index is 1.23. The highest BCUT2D eigenvalue weighted by atomic mass is 19.4. The summed E-state index contributed by atoms with van der Waals surface area (Å²) < 4.78 is 59.9. The maximum Gasteiger partial charge on any atom is 0.449 e. The number of rotatable bonds is 8. The first-order valence-electron chi connectivity index (χ1n) is 15.4. The summed E-state index contributed by atoms with van der Waals surface area (Å²) in [5.41, 5.74) is 2.42. The molecular weight excluding hydrogens is 615 g/mol. The third-order valence-corrected chi connectivity index (χ3v) is 8.91. The number of alkyl halides is 3. The van der Waals surface area contributed by atoms with Crippen molar-refractivity contribution in [2.75, 3.05) is 53.6 Å². The molecule has 3 aromatic heterocycles. The van der Waals surface area contributed by atoms with Crippen LogP contribution < -0.4 is 9.47 Å². The maximum atomic E-state index is 14.2. The van der Waals surface area contributed by atoms with E-state index in [1.54, 1.807) is 24.3 Å². The number of ether oxygens (including phenoxy) is 3. The molecule has 2 atom stereocenters. The van der Waals surface area contributed by atoms with Crippen molar-refractivity contribution in [3.63, 3.8) is 0 Å². The lowest BCUT2D eigenvalue weighted by Gasteiger charge is -2.41. The van der Waals surface area contributed by atoms with Gasteiger partial charge in [-0.3, -0.25) is 9.69 Å². The van der Waals surface area contributed by atoms with Crippen LogP contribution in [0, 0.1) is 5.92 Å². The largest absolute Gasteiger partial charge is 0.497 e. The molecular formula is C33H34F3N7O4. The molecule has 1 amide bonds. The topological polar surface area (TPSA) is 111 Å². The highest BCUT2D eigenvalue weighted by Crippen LogP contribution is 2.35. The normalized spacial score (nSPS) is 19.1. The lowest BCUT2D eigenvalue weighted by Crippen LogP contribution is -2.52. The van der Waals surface area contributed by atoms with Gasteiger partial charge in [-0.2, -0.15) is 13.2 Å². The number of carbonyl (C=O) groups is 1. The van der Waals surface area contributed by atoms with Gasteiger partial charge in [0.25, 0.3) is 0 Å². The number of fused-ring (bicyclic) bond motifs is 2. The van der Waals surface area contributed by atoms with Crippen LogP contribution in [-0.4, -0.2) is 93.8 Å². The first kappa shape index (κ1) is 30.9. The molecule has 0 radical (unpaired) electrons. The van der Waals surface area contributed by atoms with E-state index >= 15 is 0 Å². The number of nitrogens with one attached hydrogen (secondary N) is 1. The molecule has 11 nitrogen and oxygen atoms in total. The van der Waals surface area contributed by atoms with E-state index in [9.17, 15) is 18.0 Å². The fraction of sp³-hybridized carbons (Fsp3) is 0.394. The molecule has 246 valence electrons. The molecule has 0 aliphatic carbocycles. The summed E-state index contributed by atoms with van der Waals surface area (Å²) in [7, 11) is 2.98. The van der Waals surface area contributed by atoms with E-state index in [0.29, 0.717) is 60.9 Å². The highest BCUT2D eigenvalue weighted by molar-refractivity contribution is 5.85. The number of amides is 1. The van der Waals surface area contributed by atoms with Gasteiger partial charge in [0.05, 0.1) is 54.8 Å². The molecule has 2 fully saturated rings. The molecule has 0 spiro atoms. The maximum absolute atomic E-state index is 14.2. The van der Waals surface area contributed by atoms with Crippen LogP contribution in [0.2, 0.25) is 0 Å². The van der Waals surface area contributed by atoms with Crippen LogP contribution in [-0.2, 0) is 22.3 Å². The molecule has 2 saturated heterocycles. The first-order valence-corrected chi connectivity index (χ1v) is 15.4. The summed E-state index contributed by atoms with van der Waals surface area (Å²) in [6, 6.07) is 13.6. The van der Waals surface area contributed by atoms with Crippen LogP contribution in [0.4, 0.5) is 13.2 Å². The number of para-hydroxylation sites is 1. The third-order valence-electron chi connectivity index (χ3n) is 8.91. The summed E-state index contributed by atoms with van der Waals surface area (Å²) >= 11 is 0. The molecule has 14 heteroatoms. The summed E-state index contributed by atoms with van der Waals surface area (Å²) in [6.45, 7) is 2.97. The molecule has 5 aromatic rings. The van der Waals surface area contributed by atoms with Gasteiger partial charge in [-0.15, -0.1) is 0 Å². The standard InChI is InChI=1S/C33H34F3N7O4/c1-45-22-7-8-25-27(14-22)43(32(40-25)33(34,35)36)18-29(44)42-11-10-41(16-20-9-12-47-19-20)17-28(42)30-37-15-26(38-30)23-13-21-5-3-4-6-24(21)39-31(23)46-2/h3-8,13-15,20,28H,9-12,16-19H2,1-2H3,(H,37,38)/t20?,28-/m0/s1. The van der Waals surface area contributed by atoms with E-state index in [0.717, 1.165) is 35.0 Å². The summed E-state index contributed by atoms with van der Waals surface area (Å²) in [4.78, 5) is 34.5. The number of methoxy groups -OCH3 is 2. The fourth-order valence-electron chi connectivity index (χ4n) is 6.55. The van der Waals surface area contributed by atoms with Crippen molar-refractivity contribution in [3.8, 4) is 22.9 Å². The number of aromatic amines is 1. The Morgan fingerprint density at radius 1 is 1.06 bits per heavy atom. The molecule has 0 bridgehead atoms. The van der Waals surface area contributed by atoms with Gasteiger partial charge in [-0.25, -0.2) is 15.0 Å². The molecule has 1 unspecified atom stereocenters. The van der Waals surface area contributed by atoms with Crippen LogP contribution >= 0.6 is 0 Å². The van der Waals surface area contributed by atoms with Crippen LogP contribution in [0.25, 0.3) is 33.2 Å². The third kappa shape index (κ3) is 6.10. The van der Waals surface area contributed by atoms with Crippen molar-refractivity contribution >= 4 is 27.8 Å². The fourth-order valence-corrected chi connectivity index (χ4v) is 6.55. The zero-order chi connectivity index (χ0) is 32.7. The van der Waals surface area contributed by atoms with E-state index in [1.165, 1.54) is 19.2 Å². The quantitative estimate of drug-likeness (QED) is 0.252. The monoisotopic (exact) mass is 649 g/mol. The zero-order valence-electron chi connectivity index (χ0n) is 26.0.